The average Bonchev–Trinajstić information content (AvgIpc) is 2.71. The number of nitrogens with zero attached hydrogens (tertiary/aromatic N) is 1. The van der Waals surface area contributed by atoms with Crippen LogP contribution < -0.4 is 0 Å². The maximum absolute atomic E-state index is 4.43. The van der Waals surface area contributed by atoms with Gasteiger partial charge in [0.1, 0.15) is 0 Å². The molecule has 0 fully saturated rings. The summed E-state index contributed by atoms with van der Waals surface area (Å²) in [5.41, 5.74) is 1.94. The van der Waals surface area contributed by atoms with Gasteiger partial charge in [-0.15, -0.1) is 0 Å². The molecule has 0 aromatic heterocycles. The Balaban J connectivity index is 2.11. The van der Waals surface area contributed by atoms with Crippen molar-refractivity contribution >= 4 is 38.0 Å². The minimum atomic E-state index is 0.874. The van der Waals surface area contributed by atoms with Gasteiger partial charge < -0.3 is 0 Å². The molecule has 0 bridgehead atoms. The minimum absolute atomic E-state index is 0.874. The molecule has 4 aromatic carbocycles. The van der Waals surface area contributed by atoms with E-state index >= 15 is 0 Å². The molecule has 0 atom stereocenters. The molecule has 0 spiro atoms. The van der Waals surface area contributed by atoms with Crippen molar-refractivity contribution in [2.75, 3.05) is 0 Å². The summed E-state index contributed by atoms with van der Waals surface area (Å²) in [6.07, 6.45) is 7.18. The Hall–Kier alpha value is -3.45. The third-order valence-electron chi connectivity index (χ3n) is 4.66. The van der Waals surface area contributed by atoms with Gasteiger partial charge in [0.25, 0.3) is 0 Å². The fourth-order valence-corrected chi connectivity index (χ4v) is 3.54. The van der Waals surface area contributed by atoms with E-state index in [0.29, 0.717) is 0 Å². The zero-order valence-electron chi connectivity index (χ0n) is 14.5. The summed E-state index contributed by atoms with van der Waals surface area (Å²) in [5, 5.41) is 7.59. The van der Waals surface area contributed by atoms with Gasteiger partial charge in [0, 0.05) is 11.8 Å². The van der Waals surface area contributed by atoms with Crippen molar-refractivity contribution < 1.29 is 0 Å². The number of rotatable bonds is 4. The van der Waals surface area contributed by atoms with Crippen molar-refractivity contribution in [3.05, 3.63) is 110 Å². The molecule has 0 saturated heterocycles. The Kier molecular flexibility index (Phi) is 4.20. The average molecular weight is 333 g/mol. The minimum Gasteiger partial charge on any atom is -0.257 e. The molecule has 124 valence electrons. The van der Waals surface area contributed by atoms with E-state index in [1.54, 1.807) is 12.3 Å². The van der Waals surface area contributed by atoms with Crippen LogP contribution in [0.4, 0.5) is 0 Å². The molecule has 1 heteroatoms. The molecule has 0 amide bonds. The Bertz CT molecular complexity index is 1170. The Labute approximate surface area is 153 Å². The number of hydrogen-bond donors (Lipinski definition) is 0. The fourth-order valence-electron chi connectivity index (χ4n) is 3.54. The third-order valence-corrected chi connectivity index (χ3v) is 4.66. The number of hydrogen-bond acceptors (Lipinski definition) is 1. The third kappa shape index (κ3) is 2.64. The summed E-state index contributed by atoms with van der Waals surface area (Å²) in [6, 6.07) is 23.7. The molecular formula is C25H19N. The van der Waals surface area contributed by atoms with E-state index < -0.39 is 0 Å². The lowest BCUT2D eigenvalue weighted by Crippen LogP contribution is -1.96. The first kappa shape index (κ1) is 16.0. The van der Waals surface area contributed by atoms with Crippen LogP contribution in [-0.4, -0.2) is 5.71 Å². The molecule has 0 heterocycles. The van der Waals surface area contributed by atoms with Crippen molar-refractivity contribution in [1.29, 1.82) is 0 Å². The van der Waals surface area contributed by atoms with E-state index in [-0.39, 0.29) is 0 Å². The van der Waals surface area contributed by atoms with E-state index in [9.17, 15) is 0 Å². The molecule has 0 N–H and O–H groups in total. The van der Waals surface area contributed by atoms with Crippen LogP contribution in [0.2, 0.25) is 0 Å². The quantitative estimate of drug-likeness (QED) is 0.221. The van der Waals surface area contributed by atoms with E-state index in [2.05, 4.69) is 84.9 Å². The van der Waals surface area contributed by atoms with Crippen molar-refractivity contribution in [3.63, 3.8) is 0 Å². The maximum atomic E-state index is 4.43. The summed E-state index contributed by atoms with van der Waals surface area (Å²) in [7, 11) is 0. The highest BCUT2D eigenvalue weighted by Crippen LogP contribution is 2.35. The predicted molar refractivity (Wildman–Crippen MR) is 115 cm³/mol. The smallest absolute Gasteiger partial charge is 0.0701 e. The van der Waals surface area contributed by atoms with Crippen LogP contribution in [0.25, 0.3) is 32.3 Å². The molecular weight excluding hydrogens is 314 g/mol. The lowest BCUT2D eigenvalue weighted by atomic mass is 9.92. The second-order valence-corrected chi connectivity index (χ2v) is 6.14. The van der Waals surface area contributed by atoms with Crippen LogP contribution >= 0.6 is 0 Å². The van der Waals surface area contributed by atoms with Gasteiger partial charge in [-0.05, 0) is 44.5 Å². The molecule has 4 aromatic rings. The van der Waals surface area contributed by atoms with Crippen LogP contribution in [0.3, 0.4) is 0 Å². The number of fused-ring (bicyclic) bond motifs is 6. The van der Waals surface area contributed by atoms with Gasteiger partial charge in [-0.2, -0.15) is 0 Å². The Morgan fingerprint density at radius 3 is 1.77 bits per heavy atom. The zero-order valence-corrected chi connectivity index (χ0v) is 14.5. The van der Waals surface area contributed by atoms with E-state index in [4.69, 9.17) is 0 Å². The first-order chi connectivity index (χ1) is 12.8. The second-order valence-electron chi connectivity index (χ2n) is 6.14. The van der Waals surface area contributed by atoms with Crippen molar-refractivity contribution in [2.24, 2.45) is 4.99 Å². The summed E-state index contributed by atoms with van der Waals surface area (Å²) >= 11 is 0. The van der Waals surface area contributed by atoms with E-state index in [0.717, 1.165) is 11.3 Å². The van der Waals surface area contributed by atoms with Gasteiger partial charge in [0.15, 0.2) is 0 Å². The topological polar surface area (TPSA) is 12.4 Å². The lowest BCUT2D eigenvalue weighted by Gasteiger charge is -2.11. The number of aliphatic imine (C=N–C) groups is 1. The Morgan fingerprint density at radius 2 is 1.23 bits per heavy atom. The van der Waals surface area contributed by atoms with Crippen molar-refractivity contribution in [3.8, 4) is 0 Å². The molecule has 0 saturated carbocycles. The van der Waals surface area contributed by atoms with Gasteiger partial charge in [0.05, 0.1) is 5.71 Å². The van der Waals surface area contributed by atoms with Gasteiger partial charge in [-0.3, -0.25) is 4.99 Å². The first-order valence-corrected chi connectivity index (χ1v) is 8.65. The molecule has 1 nitrogen and oxygen atoms in total. The summed E-state index contributed by atoms with van der Waals surface area (Å²) in [5.74, 6) is 0. The molecule has 0 aliphatic heterocycles. The van der Waals surface area contributed by atoms with E-state index in [1.165, 1.54) is 32.3 Å². The molecule has 4 rings (SSSR count). The highest BCUT2D eigenvalue weighted by atomic mass is 14.7. The standard InChI is InChI=1S/C25H19N/c1-3-5-14-25(26-4-2)18-15-16-23-21-12-7-6-10-19(21)20-11-8-9-13-22(20)24(23)17-18/h3-17H,1-2H2/b14-5-,26-25+. The lowest BCUT2D eigenvalue weighted by molar-refractivity contribution is 1.56. The second kappa shape index (κ2) is 6.81. The van der Waals surface area contributed by atoms with Gasteiger partial charge in [-0.1, -0.05) is 86.0 Å². The highest BCUT2D eigenvalue weighted by Gasteiger charge is 2.09. The van der Waals surface area contributed by atoms with Crippen LogP contribution in [0.15, 0.2) is 109 Å². The zero-order chi connectivity index (χ0) is 17.9. The maximum Gasteiger partial charge on any atom is 0.0701 e. The van der Waals surface area contributed by atoms with Crippen LogP contribution in [0.1, 0.15) is 5.56 Å². The molecule has 0 aliphatic carbocycles. The van der Waals surface area contributed by atoms with Crippen LogP contribution in [0.5, 0.6) is 0 Å². The van der Waals surface area contributed by atoms with Crippen LogP contribution in [0, 0.1) is 0 Å². The largest absolute Gasteiger partial charge is 0.257 e. The monoisotopic (exact) mass is 333 g/mol. The van der Waals surface area contributed by atoms with Gasteiger partial charge >= 0.3 is 0 Å². The summed E-state index contributed by atoms with van der Waals surface area (Å²) in [6.45, 7) is 7.48. The van der Waals surface area contributed by atoms with Crippen molar-refractivity contribution in [1.82, 2.24) is 0 Å². The van der Waals surface area contributed by atoms with Crippen LogP contribution in [-0.2, 0) is 0 Å². The SMILES string of the molecule is C=C/C=C\C(=N/C=C)c1ccc2c3ccccc3c3ccccc3c2c1. The highest BCUT2D eigenvalue weighted by molar-refractivity contribution is 6.26. The van der Waals surface area contributed by atoms with E-state index in [1.807, 2.05) is 12.2 Å². The summed E-state index contributed by atoms with van der Waals surface area (Å²) < 4.78 is 0. The molecule has 0 aliphatic rings. The molecule has 0 radical (unpaired) electrons. The van der Waals surface area contributed by atoms with Gasteiger partial charge in [-0.25, -0.2) is 0 Å². The fraction of sp³-hybridized carbons (Fsp3) is 0. The number of allylic oxidation sites excluding steroid dienone is 3. The molecule has 0 unspecified atom stereocenters. The van der Waals surface area contributed by atoms with Crippen molar-refractivity contribution in [2.45, 2.75) is 0 Å². The first-order valence-electron chi connectivity index (χ1n) is 8.65. The molecule has 26 heavy (non-hydrogen) atoms. The van der Waals surface area contributed by atoms with Gasteiger partial charge in [0.2, 0.25) is 0 Å². The number of benzene rings is 4. The normalized spacial score (nSPS) is 12.2. The summed E-state index contributed by atoms with van der Waals surface area (Å²) in [4.78, 5) is 4.43. The Morgan fingerprint density at radius 1 is 0.692 bits per heavy atom. The predicted octanol–water partition coefficient (Wildman–Crippen LogP) is 6.82.